The number of nitrogens with zero attached hydrogens (tertiary/aromatic N) is 1. The average Bonchev–Trinajstić information content (AvgIpc) is 3.59. The molecule has 9 nitrogen and oxygen atoms in total. The summed E-state index contributed by atoms with van der Waals surface area (Å²) in [7, 11) is 0. The molecule has 3 saturated heterocycles. The molecule has 3 aliphatic rings. The summed E-state index contributed by atoms with van der Waals surface area (Å²) >= 11 is 6.39. The van der Waals surface area contributed by atoms with Gasteiger partial charge in [-0.2, -0.15) is 0 Å². The van der Waals surface area contributed by atoms with Crippen molar-refractivity contribution < 1.29 is 29.0 Å². The average molecular weight is 618 g/mol. The number of anilines is 2. The van der Waals surface area contributed by atoms with Crippen LogP contribution in [0.5, 0.6) is 5.75 Å². The molecule has 2 unspecified atom stereocenters. The number of hydrogen-bond acceptors (Lipinski definition) is 6. The molecule has 3 aromatic carbocycles. The van der Waals surface area contributed by atoms with Crippen molar-refractivity contribution in [3.63, 3.8) is 0 Å². The summed E-state index contributed by atoms with van der Waals surface area (Å²) in [4.78, 5) is 44.3. The van der Waals surface area contributed by atoms with Crippen molar-refractivity contribution in [1.82, 2.24) is 4.90 Å². The van der Waals surface area contributed by atoms with E-state index in [2.05, 4.69) is 10.6 Å². The van der Waals surface area contributed by atoms with Crippen LogP contribution < -0.4 is 15.4 Å². The quantitative estimate of drug-likeness (QED) is 0.304. The van der Waals surface area contributed by atoms with Crippen LogP contribution in [0.4, 0.5) is 11.4 Å². The maximum Gasteiger partial charge on any atom is 0.250 e. The summed E-state index contributed by atoms with van der Waals surface area (Å²) in [6.07, 6.45) is 1.22. The second kappa shape index (κ2) is 11.9. The van der Waals surface area contributed by atoms with E-state index >= 15 is 0 Å². The lowest BCUT2D eigenvalue weighted by Crippen LogP contribution is -2.57. The molecule has 0 saturated carbocycles. The number of halogens is 1. The Morgan fingerprint density at radius 2 is 1.73 bits per heavy atom. The van der Waals surface area contributed by atoms with Crippen molar-refractivity contribution in [3.05, 3.63) is 89.4 Å². The van der Waals surface area contributed by atoms with Gasteiger partial charge in [-0.05, 0) is 75.1 Å². The highest BCUT2D eigenvalue weighted by Crippen LogP contribution is 2.63. The number of fused-ring (bicyclic) bond motifs is 1. The Balaban J connectivity index is 1.37. The van der Waals surface area contributed by atoms with E-state index in [1.54, 1.807) is 48.5 Å². The molecular formula is C34H36ClN3O6. The maximum atomic E-state index is 14.6. The first-order chi connectivity index (χ1) is 21.2. The summed E-state index contributed by atoms with van der Waals surface area (Å²) in [6.45, 7) is 3.89. The molecule has 10 heteroatoms. The van der Waals surface area contributed by atoms with Gasteiger partial charge in [0.15, 0.2) is 0 Å². The molecule has 3 N–H and O–H groups in total. The van der Waals surface area contributed by atoms with Crippen molar-refractivity contribution in [3.8, 4) is 5.75 Å². The van der Waals surface area contributed by atoms with Crippen LogP contribution in [0.25, 0.3) is 0 Å². The zero-order valence-electron chi connectivity index (χ0n) is 24.7. The van der Waals surface area contributed by atoms with Crippen molar-refractivity contribution in [2.75, 3.05) is 23.8 Å². The smallest absolute Gasteiger partial charge is 0.250 e. The highest BCUT2D eigenvalue weighted by molar-refractivity contribution is 6.33. The largest absolute Gasteiger partial charge is 0.494 e. The number of carbonyl (C=O) groups excluding carboxylic acids is 3. The molecule has 6 atom stereocenters. The first-order valence-electron chi connectivity index (χ1n) is 15.0. The normalized spacial score (nSPS) is 27.6. The number of hydrogen-bond donors (Lipinski definition) is 3. The number of likely N-dealkylation sites (tertiary alicyclic amines) is 1. The molecule has 3 fully saturated rings. The summed E-state index contributed by atoms with van der Waals surface area (Å²) in [5.41, 5.74) is -0.354. The summed E-state index contributed by atoms with van der Waals surface area (Å²) in [5, 5.41) is 16.9. The SMILES string of the molecule is CCOc1ccc(NC(=O)[C@@H]2[C@H]3C(=O)N([C@@H](CO)Cc4ccccc4)C(C(=O)Nc4ccccc4Cl)C34CC[C@@]2(C)O4)cc1. The van der Waals surface area contributed by atoms with Gasteiger partial charge in [-0.3, -0.25) is 14.4 Å². The maximum absolute atomic E-state index is 14.6. The van der Waals surface area contributed by atoms with Crippen LogP contribution in [-0.4, -0.2) is 64.2 Å². The summed E-state index contributed by atoms with van der Waals surface area (Å²) < 4.78 is 12.2. The fourth-order valence-electron chi connectivity index (χ4n) is 7.38. The number of nitrogens with one attached hydrogen (secondary N) is 2. The second-order valence-corrected chi connectivity index (χ2v) is 12.3. The fraction of sp³-hybridized carbons (Fsp3) is 0.382. The lowest BCUT2D eigenvalue weighted by Gasteiger charge is -2.37. The predicted molar refractivity (Wildman–Crippen MR) is 166 cm³/mol. The van der Waals surface area contributed by atoms with Crippen molar-refractivity contribution in [2.45, 2.75) is 56.4 Å². The Bertz CT molecular complexity index is 1550. The van der Waals surface area contributed by atoms with E-state index in [4.69, 9.17) is 21.1 Å². The van der Waals surface area contributed by atoms with Crippen LogP contribution in [0, 0.1) is 11.8 Å². The summed E-state index contributed by atoms with van der Waals surface area (Å²) in [6, 6.07) is 21.6. The minimum absolute atomic E-state index is 0.321. The third kappa shape index (κ3) is 5.12. The molecule has 2 bridgehead atoms. The third-order valence-electron chi connectivity index (χ3n) is 9.23. The zero-order valence-corrected chi connectivity index (χ0v) is 25.4. The topological polar surface area (TPSA) is 117 Å². The number of rotatable bonds is 10. The van der Waals surface area contributed by atoms with Gasteiger partial charge in [0.2, 0.25) is 17.7 Å². The Hall–Kier alpha value is -3.92. The van der Waals surface area contributed by atoms with Gasteiger partial charge >= 0.3 is 0 Å². The highest BCUT2D eigenvalue weighted by Gasteiger charge is 2.78. The molecule has 1 spiro atoms. The van der Waals surface area contributed by atoms with Gasteiger partial charge in [0.25, 0.3) is 0 Å². The van der Waals surface area contributed by atoms with E-state index in [0.717, 1.165) is 5.56 Å². The Morgan fingerprint density at radius 1 is 1.02 bits per heavy atom. The van der Waals surface area contributed by atoms with Crippen LogP contribution >= 0.6 is 11.6 Å². The van der Waals surface area contributed by atoms with Gasteiger partial charge in [0, 0.05) is 5.69 Å². The number of benzene rings is 3. The van der Waals surface area contributed by atoms with E-state index in [1.807, 2.05) is 44.2 Å². The molecule has 0 aromatic heterocycles. The standard InChI is InChI=1S/C34H36ClN3O6/c1-3-43-24-15-13-22(14-16-24)36-30(40)27-28-32(42)38(23(20-39)19-21-9-5-4-6-10-21)29(34(28)18-17-33(27,2)44-34)31(41)37-26-12-8-7-11-25(26)35/h4-16,23,27-29,39H,3,17-20H2,1-2H3,(H,36,40)(H,37,41)/t23-,27+,28+,29?,33-,34?/m1/s1. The Labute approximate surface area is 261 Å². The van der Waals surface area contributed by atoms with Crippen molar-refractivity contribution >= 4 is 40.7 Å². The van der Waals surface area contributed by atoms with Gasteiger partial charge in [-0.1, -0.05) is 54.1 Å². The first kappa shape index (κ1) is 30.1. The molecule has 6 rings (SSSR count). The van der Waals surface area contributed by atoms with E-state index in [0.29, 0.717) is 48.0 Å². The number of para-hydroxylation sites is 1. The van der Waals surface area contributed by atoms with E-state index < -0.39 is 41.0 Å². The minimum Gasteiger partial charge on any atom is -0.494 e. The molecule has 3 aliphatic heterocycles. The van der Waals surface area contributed by atoms with E-state index in [1.165, 1.54) is 4.90 Å². The van der Waals surface area contributed by atoms with Crippen molar-refractivity contribution in [2.24, 2.45) is 11.8 Å². The number of aliphatic hydroxyl groups excluding tert-OH is 1. The molecule has 44 heavy (non-hydrogen) atoms. The molecule has 3 amide bonds. The predicted octanol–water partition coefficient (Wildman–Crippen LogP) is 4.68. The van der Waals surface area contributed by atoms with Gasteiger partial charge in [0.1, 0.15) is 17.4 Å². The van der Waals surface area contributed by atoms with Crippen LogP contribution in [0.15, 0.2) is 78.9 Å². The van der Waals surface area contributed by atoms with Crippen LogP contribution in [-0.2, 0) is 25.5 Å². The van der Waals surface area contributed by atoms with E-state index in [-0.39, 0.29) is 18.4 Å². The molecule has 3 aromatic rings. The van der Waals surface area contributed by atoms with Gasteiger partial charge in [-0.25, -0.2) is 0 Å². The highest BCUT2D eigenvalue weighted by atomic mass is 35.5. The summed E-state index contributed by atoms with van der Waals surface area (Å²) in [5.74, 6) is -2.30. The Kier molecular flexibility index (Phi) is 8.13. The molecule has 0 radical (unpaired) electrons. The molecule has 3 heterocycles. The lowest BCUT2D eigenvalue weighted by molar-refractivity contribution is -0.146. The molecular weight excluding hydrogens is 582 g/mol. The monoisotopic (exact) mass is 617 g/mol. The number of aliphatic hydroxyl groups is 1. The lowest BCUT2D eigenvalue weighted by atomic mass is 9.66. The second-order valence-electron chi connectivity index (χ2n) is 11.9. The van der Waals surface area contributed by atoms with Crippen LogP contribution in [0.3, 0.4) is 0 Å². The van der Waals surface area contributed by atoms with Gasteiger partial charge < -0.3 is 30.1 Å². The van der Waals surface area contributed by atoms with Gasteiger partial charge in [0.05, 0.1) is 47.4 Å². The molecule has 0 aliphatic carbocycles. The minimum atomic E-state index is -1.26. The van der Waals surface area contributed by atoms with Gasteiger partial charge in [-0.15, -0.1) is 0 Å². The molecule has 230 valence electrons. The first-order valence-corrected chi connectivity index (χ1v) is 15.3. The third-order valence-corrected chi connectivity index (χ3v) is 9.56. The van der Waals surface area contributed by atoms with Crippen LogP contribution in [0.1, 0.15) is 32.3 Å². The number of carbonyl (C=O) groups is 3. The number of amides is 3. The Morgan fingerprint density at radius 3 is 2.41 bits per heavy atom. The van der Waals surface area contributed by atoms with Crippen molar-refractivity contribution in [1.29, 1.82) is 0 Å². The van der Waals surface area contributed by atoms with Crippen LogP contribution in [0.2, 0.25) is 5.02 Å². The zero-order chi connectivity index (χ0) is 31.1. The van der Waals surface area contributed by atoms with E-state index in [9.17, 15) is 19.5 Å². The fourth-order valence-corrected chi connectivity index (χ4v) is 7.56. The number of ether oxygens (including phenoxy) is 2.